The number of anilines is 1. The number of H-pyrrole nitrogens is 1. The molecule has 0 aliphatic rings. The van der Waals surface area contributed by atoms with Gasteiger partial charge in [-0.05, 0) is 42.0 Å². The molecule has 1 aromatic heterocycles. The second kappa shape index (κ2) is 8.57. The molecule has 4 rings (SSSR count). The van der Waals surface area contributed by atoms with Gasteiger partial charge in [-0.25, -0.2) is 14.2 Å². The highest BCUT2D eigenvalue weighted by atomic mass is 19.1. The van der Waals surface area contributed by atoms with Crippen molar-refractivity contribution in [2.45, 2.75) is 13.1 Å². The summed E-state index contributed by atoms with van der Waals surface area (Å²) in [6.45, 7) is 0.409. The summed E-state index contributed by atoms with van der Waals surface area (Å²) in [5.74, 6) is -0.00373. The van der Waals surface area contributed by atoms with Gasteiger partial charge in [0.25, 0.3) is 5.56 Å². The van der Waals surface area contributed by atoms with E-state index in [1.54, 1.807) is 18.2 Å². The maximum absolute atomic E-state index is 13.2. The molecule has 0 fully saturated rings. The first-order valence-electron chi connectivity index (χ1n) is 9.42. The number of rotatable bonds is 5. The number of nitrogens with zero attached hydrogens (tertiary/aromatic N) is 2. The Labute approximate surface area is 172 Å². The molecule has 0 saturated carbocycles. The van der Waals surface area contributed by atoms with Gasteiger partial charge in [0, 0.05) is 12.2 Å². The van der Waals surface area contributed by atoms with E-state index in [2.05, 4.69) is 15.3 Å². The van der Waals surface area contributed by atoms with Gasteiger partial charge in [-0.1, -0.05) is 42.5 Å². The Morgan fingerprint density at radius 3 is 2.40 bits per heavy atom. The maximum atomic E-state index is 13.2. The number of halogens is 1. The van der Waals surface area contributed by atoms with Crippen molar-refractivity contribution in [3.05, 3.63) is 106 Å². The van der Waals surface area contributed by atoms with Gasteiger partial charge in [0.2, 0.25) is 0 Å². The van der Waals surface area contributed by atoms with Crippen molar-refractivity contribution in [1.29, 1.82) is 0 Å². The standard InChI is InChI=1S/C23H19FN4O2/c24-17-10-12-18(13-11-17)25-23(30)28(14-16-6-2-1-3-7-16)15-21-26-20-9-5-4-8-19(20)22(29)27-21/h1-13H,14-15H2,(H,25,30)(H,26,27,29). The lowest BCUT2D eigenvalue weighted by Crippen LogP contribution is -2.35. The summed E-state index contributed by atoms with van der Waals surface area (Å²) >= 11 is 0. The summed E-state index contributed by atoms with van der Waals surface area (Å²) in [7, 11) is 0. The molecule has 0 aliphatic heterocycles. The van der Waals surface area contributed by atoms with E-state index in [1.165, 1.54) is 29.2 Å². The van der Waals surface area contributed by atoms with Gasteiger partial charge >= 0.3 is 6.03 Å². The zero-order valence-corrected chi connectivity index (χ0v) is 16.0. The van der Waals surface area contributed by atoms with Gasteiger partial charge in [0.1, 0.15) is 11.6 Å². The first-order chi connectivity index (χ1) is 14.6. The van der Waals surface area contributed by atoms with Gasteiger partial charge in [-0.2, -0.15) is 0 Å². The number of carbonyl (C=O) groups is 1. The highest BCUT2D eigenvalue weighted by molar-refractivity contribution is 5.89. The van der Waals surface area contributed by atoms with Crippen molar-refractivity contribution in [3.8, 4) is 0 Å². The average molecular weight is 402 g/mol. The predicted molar refractivity (Wildman–Crippen MR) is 113 cm³/mol. The number of para-hydroxylation sites is 1. The summed E-state index contributed by atoms with van der Waals surface area (Å²) in [5, 5.41) is 3.25. The first-order valence-corrected chi connectivity index (χ1v) is 9.42. The fraction of sp³-hybridized carbons (Fsp3) is 0.0870. The fourth-order valence-electron chi connectivity index (χ4n) is 3.13. The maximum Gasteiger partial charge on any atom is 0.322 e. The summed E-state index contributed by atoms with van der Waals surface area (Å²) in [4.78, 5) is 34.1. The Morgan fingerprint density at radius 1 is 0.933 bits per heavy atom. The van der Waals surface area contributed by atoms with Crippen LogP contribution >= 0.6 is 0 Å². The lowest BCUT2D eigenvalue weighted by molar-refractivity contribution is 0.205. The molecule has 0 aliphatic carbocycles. The third-order valence-electron chi connectivity index (χ3n) is 4.60. The molecule has 0 bridgehead atoms. The van der Waals surface area contributed by atoms with Crippen molar-refractivity contribution in [2.24, 2.45) is 0 Å². The molecule has 6 nitrogen and oxygen atoms in total. The monoisotopic (exact) mass is 402 g/mol. The van der Waals surface area contributed by atoms with E-state index >= 15 is 0 Å². The van der Waals surface area contributed by atoms with Gasteiger partial charge in [0.05, 0.1) is 17.4 Å². The third kappa shape index (κ3) is 4.52. The molecular formula is C23H19FN4O2. The van der Waals surface area contributed by atoms with Crippen LogP contribution in [0.25, 0.3) is 10.9 Å². The van der Waals surface area contributed by atoms with Crippen LogP contribution in [-0.2, 0) is 13.1 Å². The van der Waals surface area contributed by atoms with Gasteiger partial charge < -0.3 is 15.2 Å². The van der Waals surface area contributed by atoms with Crippen molar-refractivity contribution in [2.75, 3.05) is 5.32 Å². The molecule has 0 saturated heterocycles. The minimum atomic E-state index is -0.388. The quantitative estimate of drug-likeness (QED) is 0.523. The Morgan fingerprint density at radius 2 is 1.63 bits per heavy atom. The van der Waals surface area contributed by atoms with E-state index in [1.807, 2.05) is 36.4 Å². The SMILES string of the molecule is O=C(Nc1ccc(F)cc1)N(Cc1ccccc1)Cc1nc2ccccc2c(=O)[nH]1. The topological polar surface area (TPSA) is 78.1 Å². The van der Waals surface area contributed by atoms with E-state index in [0.717, 1.165) is 5.56 Å². The molecule has 0 radical (unpaired) electrons. The van der Waals surface area contributed by atoms with E-state index in [-0.39, 0.29) is 24.0 Å². The van der Waals surface area contributed by atoms with Crippen LogP contribution in [0.2, 0.25) is 0 Å². The number of hydrogen-bond acceptors (Lipinski definition) is 3. The highest BCUT2D eigenvalue weighted by Crippen LogP contribution is 2.14. The molecule has 150 valence electrons. The summed E-state index contributed by atoms with van der Waals surface area (Å²) in [6.07, 6.45) is 0. The number of aromatic amines is 1. The third-order valence-corrected chi connectivity index (χ3v) is 4.60. The molecule has 1 heterocycles. The molecule has 0 unspecified atom stereocenters. The lowest BCUT2D eigenvalue weighted by Gasteiger charge is -2.23. The molecule has 2 N–H and O–H groups in total. The normalized spacial score (nSPS) is 10.7. The Kier molecular flexibility index (Phi) is 5.52. The Balaban J connectivity index is 1.62. The zero-order valence-electron chi connectivity index (χ0n) is 16.0. The van der Waals surface area contributed by atoms with E-state index in [4.69, 9.17) is 0 Å². The lowest BCUT2D eigenvalue weighted by atomic mass is 10.2. The van der Waals surface area contributed by atoms with Crippen molar-refractivity contribution in [3.63, 3.8) is 0 Å². The van der Waals surface area contributed by atoms with Crippen molar-refractivity contribution in [1.82, 2.24) is 14.9 Å². The molecule has 2 amide bonds. The molecule has 3 aromatic carbocycles. The number of nitrogens with one attached hydrogen (secondary N) is 2. The van der Waals surface area contributed by atoms with E-state index in [9.17, 15) is 14.0 Å². The second-order valence-electron chi connectivity index (χ2n) is 6.81. The number of benzene rings is 3. The number of amides is 2. The van der Waals surface area contributed by atoms with Crippen LogP contribution in [0.5, 0.6) is 0 Å². The smallest absolute Gasteiger partial charge is 0.313 e. The van der Waals surface area contributed by atoms with Crippen molar-refractivity contribution < 1.29 is 9.18 Å². The van der Waals surface area contributed by atoms with Crippen LogP contribution in [-0.4, -0.2) is 20.9 Å². The molecule has 0 atom stereocenters. The van der Waals surface area contributed by atoms with Crippen LogP contribution in [0.3, 0.4) is 0 Å². The highest BCUT2D eigenvalue weighted by Gasteiger charge is 2.17. The van der Waals surface area contributed by atoms with Gasteiger partial charge in [0.15, 0.2) is 0 Å². The van der Waals surface area contributed by atoms with Crippen LogP contribution < -0.4 is 10.9 Å². The summed E-state index contributed by atoms with van der Waals surface area (Å²) < 4.78 is 13.2. The largest absolute Gasteiger partial charge is 0.322 e. The summed E-state index contributed by atoms with van der Waals surface area (Å²) in [5.41, 5.74) is 1.71. The number of urea groups is 1. The Hall–Kier alpha value is -4.00. The predicted octanol–water partition coefficient (Wildman–Crippen LogP) is 4.30. The molecule has 0 spiro atoms. The molecule has 30 heavy (non-hydrogen) atoms. The first kappa shape index (κ1) is 19.3. The number of carbonyl (C=O) groups excluding carboxylic acids is 1. The minimum Gasteiger partial charge on any atom is -0.313 e. The minimum absolute atomic E-state index is 0.0992. The Bertz CT molecular complexity index is 1220. The summed E-state index contributed by atoms with van der Waals surface area (Å²) in [6, 6.07) is 21.7. The molecule has 7 heteroatoms. The number of aromatic nitrogens is 2. The van der Waals surface area contributed by atoms with Crippen LogP contribution in [0, 0.1) is 5.82 Å². The van der Waals surface area contributed by atoms with E-state index in [0.29, 0.717) is 29.0 Å². The molecule has 4 aromatic rings. The van der Waals surface area contributed by atoms with Gasteiger partial charge in [-0.3, -0.25) is 4.79 Å². The fourth-order valence-corrected chi connectivity index (χ4v) is 3.13. The zero-order chi connectivity index (χ0) is 20.9. The van der Waals surface area contributed by atoms with Gasteiger partial charge in [-0.15, -0.1) is 0 Å². The number of fused-ring (bicyclic) bond motifs is 1. The van der Waals surface area contributed by atoms with Crippen LogP contribution in [0.4, 0.5) is 14.9 Å². The van der Waals surface area contributed by atoms with Crippen LogP contribution in [0.15, 0.2) is 83.7 Å². The van der Waals surface area contributed by atoms with E-state index < -0.39 is 0 Å². The second-order valence-corrected chi connectivity index (χ2v) is 6.81. The van der Waals surface area contributed by atoms with Crippen LogP contribution in [0.1, 0.15) is 11.4 Å². The number of hydrogen-bond donors (Lipinski definition) is 2. The average Bonchev–Trinajstić information content (AvgIpc) is 2.76. The molecular weight excluding hydrogens is 383 g/mol. The van der Waals surface area contributed by atoms with Crippen molar-refractivity contribution >= 4 is 22.6 Å².